The van der Waals surface area contributed by atoms with Crippen molar-refractivity contribution in [1.29, 1.82) is 0 Å². The summed E-state index contributed by atoms with van der Waals surface area (Å²) in [6, 6.07) is 11.7. The normalized spacial score (nSPS) is 15.3. The Balaban J connectivity index is 1.62. The van der Waals surface area contributed by atoms with Crippen LogP contribution in [0.1, 0.15) is 9.67 Å². The van der Waals surface area contributed by atoms with E-state index in [1.165, 1.54) is 11.3 Å². The quantitative estimate of drug-likeness (QED) is 0.832. The van der Waals surface area contributed by atoms with E-state index in [9.17, 15) is 4.79 Å². The number of nitrogens with zero attached hydrogens (tertiary/aromatic N) is 2. The van der Waals surface area contributed by atoms with E-state index < -0.39 is 0 Å². The topological polar surface area (TPSA) is 49.6 Å². The molecule has 1 amide bonds. The first-order valence-electron chi connectivity index (χ1n) is 6.78. The Morgan fingerprint density at radius 2 is 1.71 bits per heavy atom. The molecule has 0 atom stereocenters. The third kappa shape index (κ3) is 3.22. The maximum absolute atomic E-state index is 12.4. The van der Waals surface area contributed by atoms with Gasteiger partial charge in [-0.05, 0) is 52.3 Å². The summed E-state index contributed by atoms with van der Waals surface area (Å²) in [5, 5.41) is 0. The zero-order chi connectivity index (χ0) is 14.8. The molecule has 0 spiro atoms. The smallest absolute Gasteiger partial charge is 0.264 e. The van der Waals surface area contributed by atoms with Crippen molar-refractivity contribution < 1.29 is 4.79 Å². The Morgan fingerprint density at radius 3 is 2.29 bits per heavy atom. The third-order valence-electron chi connectivity index (χ3n) is 3.61. The largest absolute Gasteiger partial charge is 0.399 e. The second kappa shape index (κ2) is 6.07. The lowest BCUT2D eigenvalue weighted by Gasteiger charge is -2.36. The number of piperazine rings is 1. The predicted molar refractivity (Wildman–Crippen MR) is 91.0 cm³/mol. The van der Waals surface area contributed by atoms with Crippen molar-refractivity contribution in [3.63, 3.8) is 0 Å². The molecule has 1 saturated heterocycles. The molecule has 21 heavy (non-hydrogen) atoms. The van der Waals surface area contributed by atoms with Crippen molar-refractivity contribution in [1.82, 2.24) is 4.90 Å². The van der Waals surface area contributed by atoms with Crippen molar-refractivity contribution in [3.8, 4) is 0 Å². The van der Waals surface area contributed by atoms with Crippen molar-refractivity contribution in [2.45, 2.75) is 0 Å². The molecule has 1 aliphatic rings. The number of amides is 1. The molecule has 1 aromatic heterocycles. The predicted octanol–water partition coefficient (Wildman–Crippen LogP) is 3.06. The first-order chi connectivity index (χ1) is 10.1. The Bertz CT molecular complexity index is 633. The van der Waals surface area contributed by atoms with Gasteiger partial charge in [-0.15, -0.1) is 11.3 Å². The highest BCUT2D eigenvalue weighted by molar-refractivity contribution is 9.11. The maximum Gasteiger partial charge on any atom is 0.264 e. The molecule has 2 heterocycles. The van der Waals surface area contributed by atoms with Crippen LogP contribution in [-0.2, 0) is 0 Å². The van der Waals surface area contributed by atoms with E-state index in [-0.39, 0.29) is 5.91 Å². The van der Waals surface area contributed by atoms with E-state index >= 15 is 0 Å². The van der Waals surface area contributed by atoms with Crippen LogP contribution >= 0.6 is 27.3 Å². The van der Waals surface area contributed by atoms with Crippen LogP contribution < -0.4 is 10.6 Å². The number of hydrogen-bond acceptors (Lipinski definition) is 4. The monoisotopic (exact) mass is 365 g/mol. The molecule has 0 unspecified atom stereocenters. The van der Waals surface area contributed by atoms with Gasteiger partial charge in [0.05, 0.1) is 8.66 Å². The molecule has 4 nitrogen and oxygen atoms in total. The number of rotatable bonds is 2. The van der Waals surface area contributed by atoms with Gasteiger partial charge in [0.2, 0.25) is 0 Å². The molecule has 0 bridgehead atoms. The minimum atomic E-state index is 0.127. The van der Waals surface area contributed by atoms with Gasteiger partial charge in [0.15, 0.2) is 0 Å². The molecule has 1 fully saturated rings. The number of carbonyl (C=O) groups is 1. The van der Waals surface area contributed by atoms with Gasteiger partial charge in [-0.2, -0.15) is 0 Å². The summed E-state index contributed by atoms with van der Waals surface area (Å²) in [4.78, 5) is 17.4. The second-order valence-corrected chi connectivity index (χ2v) is 7.44. The van der Waals surface area contributed by atoms with Crippen molar-refractivity contribution in [2.24, 2.45) is 0 Å². The highest BCUT2D eigenvalue weighted by Crippen LogP contribution is 2.24. The molecule has 0 saturated carbocycles. The fourth-order valence-corrected chi connectivity index (χ4v) is 3.79. The van der Waals surface area contributed by atoms with Crippen LogP contribution in [0.5, 0.6) is 0 Å². The van der Waals surface area contributed by atoms with Gasteiger partial charge >= 0.3 is 0 Å². The lowest BCUT2D eigenvalue weighted by atomic mass is 10.2. The summed E-state index contributed by atoms with van der Waals surface area (Å²) in [6.07, 6.45) is 0. The minimum absolute atomic E-state index is 0.127. The van der Waals surface area contributed by atoms with Gasteiger partial charge in [0.25, 0.3) is 5.91 Å². The fraction of sp³-hybridized carbons (Fsp3) is 0.267. The van der Waals surface area contributed by atoms with Gasteiger partial charge < -0.3 is 15.5 Å². The SMILES string of the molecule is Nc1ccc(N2CCN(C(=O)c3ccc(Br)s3)CC2)cc1. The molecule has 3 rings (SSSR count). The Morgan fingerprint density at radius 1 is 1.05 bits per heavy atom. The maximum atomic E-state index is 12.4. The lowest BCUT2D eigenvalue weighted by Crippen LogP contribution is -2.48. The van der Waals surface area contributed by atoms with Crippen LogP contribution in [0.25, 0.3) is 0 Å². The van der Waals surface area contributed by atoms with Gasteiger partial charge in [0, 0.05) is 37.6 Å². The van der Waals surface area contributed by atoms with Crippen LogP contribution in [0.3, 0.4) is 0 Å². The van der Waals surface area contributed by atoms with Crippen LogP contribution in [0.15, 0.2) is 40.2 Å². The molecule has 110 valence electrons. The van der Waals surface area contributed by atoms with E-state index in [1.807, 2.05) is 41.3 Å². The molecule has 1 aliphatic heterocycles. The van der Waals surface area contributed by atoms with Gasteiger partial charge in [-0.25, -0.2) is 0 Å². The van der Waals surface area contributed by atoms with Crippen molar-refractivity contribution in [3.05, 3.63) is 45.1 Å². The first-order valence-corrected chi connectivity index (χ1v) is 8.39. The van der Waals surface area contributed by atoms with Crippen LogP contribution in [0, 0.1) is 0 Å². The van der Waals surface area contributed by atoms with Crippen LogP contribution in [-0.4, -0.2) is 37.0 Å². The van der Waals surface area contributed by atoms with E-state index in [1.54, 1.807) is 0 Å². The second-order valence-electron chi connectivity index (χ2n) is 4.97. The van der Waals surface area contributed by atoms with Crippen molar-refractivity contribution in [2.75, 3.05) is 36.8 Å². The molecule has 1 aromatic carbocycles. The van der Waals surface area contributed by atoms with E-state index in [0.717, 1.165) is 46.2 Å². The average Bonchev–Trinajstić information content (AvgIpc) is 2.94. The molecule has 0 radical (unpaired) electrons. The van der Waals surface area contributed by atoms with Crippen LogP contribution in [0.4, 0.5) is 11.4 Å². The van der Waals surface area contributed by atoms with E-state index in [0.29, 0.717) is 0 Å². The average molecular weight is 366 g/mol. The third-order valence-corrected chi connectivity index (χ3v) is 5.22. The summed E-state index contributed by atoms with van der Waals surface area (Å²) in [5.74, 6) is 0.127. The molecule has 0 aliphatic carbocycles. The van der Waals surface area contributed by atoms with Crippen LogP contribution in [0.2, 0.25) is 0 Å². The summed E-state index contributed by atoms with van der Waals surface area (Å²) < 4.78 is 0.992. The number of thiophene rings is 1. The Hall–Kier alpha value is -1.53. The van der Waals surface area contributed by atoms with Gasteiger partial charge in [-0.1, -0.05) is 0 Å². The Labute approximate surface area is 136 Å². The summed E-state index contributed by atoms with van der Waals surface area (Å²) in [6.45, 7) is 3.20. The zero-order valence-electron chi connectivity index (χ0n) is 11.5. The first kappa shape index (κ1) is 14.4. The molecule has 2 N–H and O–H groups in total. The highest BCUT2D eigenvalue weighted by atomic mass is 79.9. The van der Waals surface area contributed by atoms with Gasteiger partial charge in [-0.3, -0.25) is 4.79 Å². The van der Waals surface area contributed by atoms with Gasteiger partial charge in [0.1, 0.15) is 0 Å². The van der Waals surface area contributed by atoms with E-state index in [2.05, 4.69) is 20.8 Å². The number of hydrogen-bond donors (Lipinski definition) is 1. The van der Waals surface area contributed by atoms with E-state index in [4.69, 9.17) is 5.73 Å². The van der Waals surface area contributed by atoms with Crippen molar-refractivity contribution >= 4 is 44.5 Å². The number of benzene rings is 1. The minimum Gasteiger partial charge on any atom is -0.399 e. The summed E-state index contributed by atoms with van der Waals surface area (Å²) in [7, 11) is 0. The molecule has 2 aromatic rings. The summed E-state index contributed by atoms with van der Waals surface area (Å²) >= 11 is 4.89. The lowest BCUT2D eigenvalue weighted by molar-refractivity contribution is 0.0751. The number of halogens is 1. The number of carbonyl (C=O) groups excluding carboxylic acids is 1. The number of anilines is 2. The Kier molecular flexibility index (Phi) is 4.17. The molecular weight excluding hydrogens is 350 g/mol. The summed E-state index contributed by atoms with van der Waals surface area (Å²) in [5.41, 5.74) is 7.65. The zero-order valence-corrected chi connectivity index (χ0v) is 13.9. The highest BCUT2D eigenvalue weighted by Gasteiger charge is 2.23. The number of nitrogens with two attached hydrogens (primary N) is 1. The number of nitrogen functional groups attached to an aromatic ring is 1. The molecular formula is C15H16BrN3OS. The molecule has 6 heteroatoms. The fourth-order valence-electron chi connectivity index (χ4n) is 2.44. The standard InChI is InChI=1S/C15H16BrN3OS/c16-14-6-5-13(21-14)15(20)19-9-7-18(8-10-19)12-3-1-11(17)2-4-12/h1-6H,7-10,17H2.